The molecule has 3 saturated heterocycles. The maximum Gasteiger partial charge on any atom is 0.313 e. The van der Waals surface area contributed by atoms with E-state index in [0.717, 1.165) is 70.6 Å². The summed E-state index contributed by atoms with van der Waals surface area (Å²) in [4.78, 5) is 13.9. The number of hydrogen-bond donors (Lipinski definition) is 6. The molecular weight excluding hydrogens is 656 g/mol. The van der Waals surface area contributed by atoms with Crippen LogP contribution in [0.1, 0.15) is 112 Å². The van der Waals surface area contributed by atoms with Crippen LogP contribution in [0.15, 0.2) is 0 Å². The summed E-state index contributed by atoms with van der Waals surface area (Å²) < 4.78 is 25.1. The summed E-state index contributed by atoms with van der Waals surface area (Å²) in [6.45, 7) is 13.7. The van der Waals surface area contributed by atoms with Crippen molar-refractivity contribution < 1.29 is 54.4 Å². The summed E-state index contributed by atoms with van der Waals surface area (Å²) in [5.74, 6) is 1.66. The molecule has 51 heavy (non-hydrogen) atoms. The summed E-state index contributed by atoms with van der Waals surface area (Å²) in [6, 6.07) is 0. The van der Waals surface area contributed by atoms with E-state index in [2.05, 4.69) is 41.5 Å². The third-order valence-corrected chi connectivity index (χ3v) is 17.4. The number of esters is 1. The molecular formula is C40H64O11. The Labute approximate surface area is 302 Å². The third-order valence-electron chi connectivity index (χ3n) is 17.4. The van der Waals surface area contributed by atoms with Crippen LogP contribution in [0, 0.1) is 56.7 Å². The number of hydrogen-bond acceptors (Lipinski definition) is 11. The summed E-state index contributed by atoms with van der Waals surface area (Å²) in [6.07, 6.45) is -0.622. The quantitative estimate of drug-likeness (QED) is 0.236. The first kappa shape index (κ1) is 37.1. The molecule has 8 fully saturated rings. The predicted octanol–water partition coefficient (Wildman–Crippen LogP) is 3.08. The van der Waals surface area contributed by atoms with Gasteiger partial charge in [-0.25, -0.2) is 0 Å². The molecule has 3 heterocycles. The van der Waals surface area contributed by atoms with Crippen molar-refractivity contribution in [3.05, 3.63) is 0 Å². The van der Waals surface area contributed by atoms with Crippen molar-refractivity contribution in [2.24, 2.45) is 56.7 Å². The zero-order valence-corrected chi connectivity index (χ0v) is 31.5. The molecule has 8 aliphatic rings. The first-order valence-electron chi connectivity index (χ1n) is 20.0. The second kappa shape index (κ2) is 12.1. The normalized spacial score (nSPS) is 57.3. The third kappa shape index (κ3) is 4.97. The lowest BCUT2D eigenvalue weighted by Gasteiger charge is -2.70. The molecule has 0 aromatic heterocycles. The molecule has 3 aliphatic heterocycles. The highest BCUT2D eigenvalue weighted by Gasteiger charge is 2.78. The van der Waals surface area contributed by atoms with E-state index in [-0.39, 0.29) is 51.2 Å². The fraction of sp³-hybridized carbons (Fsp3) is 0.975. The first-order chi connectivity index (χ1) is 23.9. The molecule has 5 aliphatic carbocycles. The summed E-state index contributed by atoms with van der Waals surface area (Å²) in [5.41, 5.74) is -0.709. The highest BCUT2D eigenvalue weighted by atomic mass is 16.7. The van der Waals surface area contributed by atoms with Gasteiger partial charge in [0.15, 0.2) is 6.29 Å². The topological polar surface area (TPSA) is 175 Å². The van der Waals surface area contributed by atoms with Crippen molar-refractivity contribution in [1.29, 1.82) is 0 Å². The Bertz CT molecular complexity index is 1370. The average Bonchev–Trinajstić information content (AvgIpc) is 3.25. The number of rotatable bonds is 4. The van der Waals surface area contributed by atoms with Gasteiger partial charge in [-0.05, 0) is 111 Å². The molecule has 0 amide bonds. The van der Waals surface area contributed by atoms with E-state index in [1.807, 2.05) is 0 Å². The molecule has 2 bridgehead atoms. The maximum absolute atomic E-state index is 13.9. The molecule has 0 aromatic carbocycles. The van der Waals surface area contributed by atoms with Crippen molar-refractivity contribution in [2.75, 3.05) is 13.2 Å². The fourth-order valence-corrected chi connectivity index (χ4v) is 14.6. The Morgan fingerprint density at radius 2 is 1.45 bits per heavy atom. The van der Waals surface area contributed by atoms with Gasteiger partial charge in [0, 0.05) is 11.3 Å². The van der Waals surface area contributed by atoms with E-state index in [4.69, 9.17) is 18.9 Å². The largest absolute Gasteiger partial charge is 0.458 e. The zero-order chi connectivity index (χ0) is 36.7. The molecule has 11 heteroatoms. The number of carbonyl (C=O) groups is 1. The van der Waals surface area contributed by atoms with Gasteiger partial charge in [0.1, 0.15) is 48.3 Å². The Morgan fingerprint density at radius 3 is 2.18 bits per heavy atom. The van der Waals surface area contributed by atoms with E-state index < -0.39 is 61.7 Å². The van der Waals surface area contributed by atoms with Gasteiger partial charge in [-0.1, -0.05) is 41.5 Å². The molecule has 6 N–H and O–H groups in total. The van der Waals surface area contributed by atoms with Gasteiger partial charge in [-0.3, -0.25) is 4.79 Å². The lowest BCUT2D eigenvalue weighted by molar-refractivity contribution is -0.342. The van der Waals surface area contributed by atoms with Crippen molar-refractivity contribution >= 4 is 5.97 Å². The molecule has 8 rings (SSSR count). The number of aliphatic hydroxyl groups is 6. The van der Waals surface area contributed by atoms with Crippen LogP contribution in [0.25, 0.3) is 0 Å². The van der Waals surface area contributed by atoms with Crippen molar-refractivity contribution in [3.8, 4) is 0 Å². The molecule has 1 spiro atoms. The van der Waals surface area contributed by atoms with E-state index >= 15 is 0 Å². The highest BCUT2D eigenvalue weighted by molar-refractivity contribution is 5.81. The molecule has 5 saturated carbocycles. The van der Waals surface area contributed by atoms with Crippen LogP contribution >= 0.6 is 0 Å². The summed E-state index contributed by atoms with van der Waals surface area (Å²) >= 11 is 0. The molecule has 5 unspecified atom stereocenters. The van der Waals surface area contributed by atoms with Gasteiger partial charge >= 0.3 is 5.97 Å². The predicted molar refractivity (Wildman–Crippen MR) is 184 cm³/mol. The van der Waals surface area contributed by atoms with Crippen LogP contribution < -0.4 is 0 Å². The maximum atomic E-state index is 13.9. The van der Waals surface area contributed by atoms with Gasteiger partial charge in [-0.15, -0.1) is 0 Å². The van der Waals surface area contributed by atoms with Crippen LogP contribution in [0.5, 0.6) is 0 Å². The number of aliphatic hydroxyl groups excluding tert-OH is 6. The first-order valence-corrected chi connectivity index (χ1v) is 20.0. The zero-order valence-electron chi connectivity index (χ0n) is 31.5. The second-order valence-corrected chi connectivity index (χ2v) is 20.3. The minimum Gasteiger partial charge on any atom is -0.458 e. The molecule has 11 nitrogen and oxygen atoms in total. The molecule has 290 valence electrons. The molecule has 18 atom stereocenters. The second-order valence-electron chi connectivity index (χ2n) is 20.3. The van der Waals surface area contributed by atoms with Crippen LogP contribution in [0.4, 0.5) is 0 Å². The molecule has 0 radical (unpaired) electrons. The van der Waals surface area contributed by atoms with Crippen LogP contribution in [-0.4, -0.2) is 111 Å². The minimum absolute atomic E-state index is 0.0507. The smallest absolute Gasteiger partial charge is 0.313 e. The van der Waals surface area contributed by atoms with Crippen LogP contribution in [-0.2, 0) is 23.7 Å². The van der Waals surface area contributed by atoms with Crippen LogP contribution in [0.2, 0.25) is 0 Å². The number of fused-ring (bicyclic) bond motifs is 4. The van der Waals surface area contributed by atoms with Gasteiger partial charge in [-0.2, -0.15) is 0 Å². The van der Waals surface area contributed by atoms with Crippen molar-refractivity contribution in [2.45, 2.75) is 173 Å². The highest BCUT2D eigenvalue weighted by Crippen LogP contribution is 2.77. The van der Waals surface area contributed by atoms with Gasteiger partial charge in [0.05, 0.1) is 24.7 Å². The number of ether oxygens (including phenoxy) is 4. The monoisotopic (exact) mass is 720 g/mol. The van der Waals surface area contributed by atoms with Crippen molar-refractivity contribution in [3.63, 3.8) is 0 Å². The molecule has 0 aromatic rings. The summed E-state index contributed by atoms with van der Waals surface area (Å²) in [7, 11) is 0. The SMILES string of the molecule is CC1(C)CC[C@@]23CC[C@@]4(C)C5CCC6C(C)(C)[C@@H](C7OC[C@@H](O)[C@H](O)[C@H]7O[C@@H]7O[C@H](CO)[C@@H](O)[C@H](O)[C@H]7O)CC[C@@]6(C)C5CC[C@@]4(OC2=O)C3C1. The van der Waals surface area contributed by atoms with Crippen LogP contribution in [0.3, 0.4) is 0 Å². The summed E-state index contributed by atoms with van der Waals surface area (Å²) in [5, 5.41) is 63.3. The minimum atomic E-state index is -1.63. The Morgan fingerprint density at radius 1 is 0.745 bits per heavy atom. The fourth-order valence-electron chi connectivity index (χ4n) is 14.6. The van der Waals surface area contributed by atoms with Gasteiger partial charge < -0.3 is 49.6 Å². The Balaban J connectivity index is 1.06. The van der Waals surface area contributed by atoms with Crippen molar-refractivity contribution in [1.82, 2.24) is 0 Å². The lowest BCUT2D eigenvalue weighted by Crippen LogP contribution is -2.69. The Hall–Kier alpha value is -0.890. The van der Waals surface area contributed by atoms with E-state index in [1.54, 1.807) is 0 Å². The van der Waals surface area contributed by atoms with E-state index in [0.29, 0.717) is 23.7 Å². The van der Waals surface area contributed by atoms with Gasteiger partial charge in [0.2, 0.25) is 0 Å². The van der Waals surface area contributed by atoms with E-state index in [9.17, 15) is 35.4 Å². The lowest BCUT2D eigenvalue weighted by atomic mass is 9.34. The Kier molecular flexibility index (Phi) is 8.76. The van der Waals surface area contributed by atoms with E-state index in [1.165, 1.54) is 0 Å². The average molecular weight is 721 g/mol. The van der Waals surface area contributed by atoms with Gasteiger partial charge in [0.25, 0.3) is 0 Å². The number of carbonyl (C=O) groups excluding carboxylic acids is 1. The standard InChI is InChI=1S/C40H64O11/c1-35(2)13-15-39-16-14-38(6)21-7-8-25-36(3,4)22(9-11-37(25,5)20(21)10-12-40(38,26(39)17-35)51-34(39)47)31-32(27(43)23(42)19-48-31)50-33-30(46)29(45)28(44)24(18-41)49-33/h20-33,41-46H,7-19H2,1-6H3/t20?,21?,22-,23-,24-,25?,26?,27+,28-,29+,30-,31?,32-,33+,37+,38+,39+,40-/m1/s1.